The van der Waals surface area contributed by atoms with Gasteiger partial charge in [0.1, 0.15) is 11.8 Å². The number of rotatable bonds is 8. The second-order valence-electron chi connectivity index (χ2n) is 10.9. The lowest BCUT2D eigenvalue weighted by molar-refractivity contribution is -0.124. The maximum Gasteiger partial charge on any atom is 0.264 e. The van der Waals surface area contributed by atoms with Crippen LogP contribution in [0.2, 0.25) is 0 Å². The van der Waals surface area contributed by atoms with Gasteiger partial charge in [0.05, 0.1) is 23.2 Å². The third-order valence-corrected chi connectivity index (χ3v) is 9.56. The predicted octanol–water partition coefficient (Wildman–Crippen LogP) is 3.31. The molecule has 1 amide bonds. The zero-order valence-corrected chi connectivity index (χ0v) is 24.4. The average Bonchev–Trinajstić information content (AvgIpc) is 3.39. The van der Waals surface area contributed by atoms with Crippen LogP contribution in [-0.2, 0) is 27.8 Å². The normalized spacial score (nSPS) is 19.1. The lowest BCUT2D eigenvalue weighted by atomic mass is 9.98. The van der Waals surface area contributed by atoms with Crippen molar-refractivity contribution in [3.8, 4) is 5.75 Å². The molecule has 0 aliphatic carbocycles. The number of carbonyl (C=O) groups excluding carboxylic acids is 1. The van der Waals surface area contributed by atoms with Crippen LogP contribution in [0, 0.1) is 13.8 Å². The molecule has 0 radical (unpaired) electrons. The van der Waals surface area contributed by atoms with Crippen molar-refractivity contribution in [1.82, 2.24) is 29.5 Å². The number of hydrogen-bond donors (Lipinski definition) is 1. The van der Waals surface area contributed by atoms with E-state index in [1.54, 1.807) is 29.9 Å². The fourth-order valence-corrected chi connectivity index (χ4v) is 6.82. The molecule has 2 atom stereocenters. The molecule has 0 saturated carbocycles. The molecule has 2 aromatic carbocycles. The second-order valence-corrected chi connectivity index (χ2v) is 12.7. The molecule has 1 aromatic heterocycles. The molecular formula is C29H36N6O4S. The fraction of sp³-hybridized carbons (Fsp3) is 0.414. The SMILES string of the molecule is Cc1ccc(C)c(S(=O)(=O)N2C=CNC(=O)C2Cc2cn(C3CCOc4cc(CN(C)C(C)C)ccc43)nn2)c1. The van der Waals surface area contributed by atoms with Gasteiger partial charge in [-0.3, -0.25) is 14.0 Å². The minimum absolute atomic E-state index is 0.0725. The van der Waals surface area contributed by atoms with Crippen LogP contribution >= 0.6 is 0 Å². The highest BCUT2D eigenvalue weighted by molar-refractivity contribution is 7.89. The van der Waals surface area contributed by atoms with E-state index < -0.39 is 22.0 Å². The van der Waals surface area contributed by atoms with Crippen LogP contribution < -0.4 is 10.1 Å². The largest absolute Gasteiger partial charge is 0.493 e. The van der Waals surface area contributed by atoms with Crippen molar-refractivity contribution in [2.75, 3.05) is 13.7 Å². The monoisotopic (exact) mass is 564 g/mol. The zero-order chi connectivity index (χ0) is 28.6. The van der Waals surface area contributed by atoms with Gasteiger partial charge in [-0.15, -0.1) is 5.10 Å². The van der Waals surface area contributed by atoms with Gasteiger partial charge in [-0.05, 0) is 63.6 Å². The summed E-state index contributed by atoms with van der Waals surface area (Å²) in [5, 5.41) is 11.3. The molecule has 5 rings (SSSR count). The van der Waals surface area contributed by atoms with Crippen molar-refractivity contribution in [2.45, 2.75) is 70.1 Å². The van der Waals surface area contributed by atoms with Crippen molar-refractivity contribution in [2.24, 2.45) is 0 Å². The molecule has 2 unspecified atom stereocenters. The van der Waals surface area contributed by atoms with Crippen LogP contribution in [0.15, 0.2) is 59.9 Å². The summed E-state index contributed by atoms with van der Waals surface area (Å²) in [5.74, 6) is 0.423. The first-order valence-corrected chi connectivity index (χ1v) is 14.9. The lowest BCUT2D eigenvalue weighted by Gasteiger charge is -2.31. The third-order valence-electron chi connectivity index (χ3n) is 7.63. The Balaban J connectivity index is 1.38. The number of fused-ring (bicyclic) bond motifs is 1. The maximum atomic E-state index is 13.7. The molecule has 3 aromatic rings. The summed E-state index contributed by atoms with van der Waals surface area (Å²) < 4.78 is 36.2. The summed E-state index contributed by atoms with van der Waals surface area (Å²) >= 11 is 0. The number of aryl methyl sites for hydroxylation is 2. The molecule has 40 heavy (non-hydrogen) atoms. The Morgan fingerprint density at radius 2 is 1.98 bits per heavy atom. The van der Waals surface area contributed by atoms with Crippen molar-refractivity contribution < 1.29 is 17.9 Å². The average molecular weight is 565 g/mol. The second kappa shape index (κ2) is 11.1. The number of ether oxygens (including phenoxy) is 1. The van der Waals surface area contributed by atoms with Gasteiger partial charge in [-0.2, -0.15) is 0 Å². The first kappa shape index (κ1) is 27.9. The smallest absolute Gasteiger partial charge is 0.264 e. The number of amides is 1. The summed E-state index contributed by atoms with van der Waals surface area (Å²) in [7, 11) is -1.88. The molecule has 0 bridgehead atoms. The van der Waals surface area contributed by atoms with Crippen molar-refractivity contribution in [1.29, 1.82) is 0 Å². The molecule has 11 heteroatoms. The van der Waals surface area contributed by atoms with Crippen LogP contribution in [0.5, 0.6) is 5.75 Å². The zero-order valence-electron chi connectivity index (χ0n) is 23.5. The summed E-state index contributed by atoms with van der Waals surface area (Å²) in [4.78, 5) is 15.4. The van der Waals surface area contributed by atoms with Gasteiger partial charge in [-0.1, -0.05) is 29.5 Å². The Labute approximate surface area is 235 Å². The van der Waals surface area contributed by atoms with Crippen LogP contribution in [0.3, 0.4) is 0 Å². The highest BCUT2D eigenvalue weighted by atomic mass is 32.2. The van der Waals surface area contributed by atoms with E-state index in [-0.39, 0.29) is 17.4 Å². The van der Waals surface area contributed by atoms with Crippen molar-refractivity contribution >= 4 is 15.9 Å². The van der Waals surface area contributed by atoms with Gasteiger partial charge >= 0.3 is 0 Å². The minimum atomic E-state index is -3.98. The number of sulfonamides is 1. The topological polar surface area (TPSA) is 110 Å². The van der Waals surface area contributed by atoms with Crippen molar-refractivity contribution in [3.05, 3.63) is 82.9 Å². The Bertz CT molecular complexity index is 1550. The first-order valence-electron chi connectivity index (χ1n) is 13.5. The molecule has 0 saturated heterocycles. The Hall–Kier alpha value is -3.70. The van der Waals surface area contributed by atoms with Crippen LogP contribution in [-0.4, -0.2) is 64.3 Å². The molecule has 1 N–H and O–H groups in total. The van der Waals surface area contributed by atoms with Gasteiger partial charge in [0.25, 0.3) is 10.0 Å². The summed E-state index contributed by atoms with van der Waals surface area (Å²) in [6, 6.07) is 10.9. The Morgan fingerprint density at radius 1 is 1.18 bits per heavy atom. The van der Waals surface area contributed by atoms with E-state index in [0.717, 1.165) is 34.1 Å². The fourth-order valence-electron chi connectivity index (χ4n) is 5.05. The molecule has 3 heterocycles. The summed E-state index contributed by atoms with van der Waals surface area (Å²) in [5.41, 5.74) is 4.17. The molecule has 0 spiro atoms. The molecule has 10 nitrogen and oxygen atoms in total. The van der Waals surface area contributed by atoms with E-state index in [9.17, 15) is 13.2 Å². The highest BCUT2D eigenvalue weighted by Crippen LogP contribution is 2.35. The minimum Gasteiger partial charge on any atom is -0.493 e. The van der Waals surface area contributed by atoms with Gasteiger partial charge in [0.2, 0.25) is 5.91 Å². The number of nitrogens with zero attached hydrogens (tertiary/aromatic N) is 5. The van der Waals surface area contributed by atoms with Gasteiger partial charge in [-0.25, -0.2) is 13.1 Å². The van der Waals surface area contributed by atoms with Gasteiger partial charge in [0.15, 0.2) is 0 Å². The summed E-state index contributed by atoms with van der Waals surface area (Å²) in [6.45, 7) is 9.29. The summed E-state index contributed by atoms with van der Waals surface area (Å²) in [6.07, 6.45) is 5.35. The Morgan fingerprint density at radius 3 is 2.75 bits per heavy atom. The number of carbonyl (C=O) groups is 1. The molecule has 0 fully saturated rings. The highest BCUT2D eigenvalue weighted by Gasteiger charge is 2.37. The number of hydrogen-bond acceptors (Lipinski definition) is 7. The first-order chi connectivity index (χ1) is 19.0. The Kier molecular flexibility index (Phi) is 7.70. The number of nitrogens with one attached hydrogen (secondary N) is 1. The van der Waals surface area contributed by atoms with Crippen LogP contribution in [0.25, 0.3) is 0 Å². The van der Waals surface area contributed by atoms with E-state index >= 15 is 0 Å². The lowest BCUT2D eigenvalue weighted by Crippen LogP contribution is -2.50. The molecular weight excluding hydrogens is 528 g/mol. The van der Waals surface area contributed by atoms with Gasteiger partial charge < -0.3 is 10.1 Å². The van der Waals surface area contributed by atoms with E-state index in [0.29, 0.717) is 23.9 Å². The molecule has 212 valence electrons. The van der Waals surface area contributed by atoms with E-state index in [1.807, 2.05) is 13.0 Å². The molecule has 2 aliphatic heterocycles. The standard InChI is InChI=1S/C29H36N6O4S/c1-19(2)33(5)17-22-8-9-24-25(10-13-39-27(24)15-22)34-18-23(31-32-34)16-26-29(36)30-11-12-35(26)40(37,38)28-14-20(3)6-7-21(28)4/h6-9,11-12,14-15,18-19,25-26H,10,13,16-17H2,1-5H3,(H,30,36). The van der Waals surface area contributed by atoms with Gasteiger partial charge in [0, 0.05) is 49.6 Å². The van der Waals surface area contributed by atoms with Crippen LogP contribution in [0.4, 0.5) is 0 Å². The van der Waals surface area contributed by atoms with E-state index in [1.165, 1.54) is 18.0 Å². The number of aromatic nitrogens is 3. The van der Waals surface area contributed by atoms with E-state index in [4.69, 9.17) is 4.74 Å². The quantitative estimate of drug-likeness (QED) is 0.447. The third kappa shape index (κ3) is 5.48. The number of benzene rings is 2. The van der Waals surface area contributed by atoms with Crippen LogP contribution in [0.1, 0.15) is 54.3 Å². The van der Waals surface area contributed by atoms with Crippen molar-refractivity contribution in [3.63, 3.8) is 0 Å². The maximum absolute atomic E-state index is 13.7. The predicted molar refractivity (Wildman–Crippen MR) is 151 cm³/mol. The molecule has 2 aliphatic rings. The van der Waals surface area contributed by atoms with E-state index in [2.05, 4.69) is 59.6 Å².